The molecule has 0 fully saturated rings. The maximum absolute atomic E-state index is 12.4. The first-order valence-corrected chi connectivity index (χ1v) is 27.3. The summed E-state index contributed by atoms with van der Waals surface area (Å²) in [4.78, 5) is 49.4. The van der Waals surface area contributed by atoms with Crippen LogP contribution in [0.15, 0.2) is 59.7 Å². The fourth-order valence-electron chi connectivity index (χ4n) is 6.92. The number of nitrogens with one attached hydrogen (secondary N) is 2. The van der Waals surface area contributed by atoms with Crippen molar-refractivity contribution >= 4 is 42.5 Å². The van der Waals surface area contributed by atoms with E-state index in [1.54, 1.807) is 26.8 Å². The van der Waals surface area contributed by atoms with E-state index < -0.39 is 35.5 Å². The summed E-state index contributed by atoms with van der Waals surface area (Å²) in [5.41, 5.74) is -1.15. The summed E-state index contributed by atoms with van der Waals surface area (Å²) in [7, 11) is 0.705. The van der Waals surface area contributed by atoms with Crippen molar-refractivity contribution in [2.45, 2.75) is 265 Å². The molecule has 0 aromatic heterocycles. The molecule has 3 N–H and O–H groups in total. The number of amides is 2. The molecule has 2 amide bonds. The van der Waals surface area contributed by atoms with Crippen molar-refractivity contribution in [1.29, 1.82) is 0 Å². The average Bonchev–Trinajstić information content (AvgIpc) is 3.25. The highest BCUT2D eigenvalue weighted by Crippen LogP contribution is 2.23. The average molecular weight is 972 g/mol. The second kappa shape index (κ2) is 43.8. The van der Waals surface area contributed by atoms with Crippen molar-refractivity contribution in [2.75, 3.05) is 0 Å². The molecule has 68 heavy (non-hydrogen) atoms. The summed E-state index contributed by atoms with van der Waals surface area (Å²) in [6.45, 7) is 23.0. The third-order valence-corrected chi connectivity index (χ3v) is 11.6. The third-order valence-electron chi connectivity index (χ3n) is 10.7. The minimum Gasteiger partial charge on any atom is -0.544 e. The number of allylic oxidation sites excluding steroid dienone is 2. The van der Waals surface area contributed by atoms with E-state index in [9.17, 15) is 19.2 Å². The van der Waals surface area contributed by atoms with E-state index in [0.717, 1.165) is 35.9 Å². The largest absolute Gasteiger partial charge is 0.568 e. The second-order valence-corrected chi connectivity index (χ2v) is 21.6. The van der Waals surface area contributed by atoms with Gasteiger partial charge in [0, 0.05) is 4.90 Å². The third kappa shape index (κ3) is 45.2. The minimum atomic E-state index is -0.582. The number of thioether (sulfide) groups is 1. The molecular formula is C56H100BN2O8S. The molecule has 1 aromatic rings. The molecule has 0 bridgehead atoms. The lowest BCUT2D eigenvalue weighted by molar-refractivity contribution is -0.117. The number of rotatable bonds is 34. The summed E-state index contributed by atoms with van der Waals surface area (Å²) in [5, 5.41) is 13.5. The number of unbranched alkanes of at least 4 members (excludes halogenated alkanes) is 22. The number of ketones is 1. The molecule has 0 aliphatic heterocycles. The smallest absolute Gasteiger partial charge is 0.544 e. The van der Waals surface area contributed by atoms with Crippen LogP contribution in [0.1, 0.15) is 237 Å². The van der Waals surface area contributed by atoms with Gasteiger partial charge in [-0.1, -0.05) is 200 Å². The molecule has 1 rings (SSSR count). The van der Waals surface area contributed by atoms with E-state index in [0.29, 0.717) is 7.69 Å². The van der Waals surface area contributed by atoms with Crippen LogP contribution < -0.4 is 10.6 Å². The molecular weight excluding hydrogens is 872 g/mol. The van der Waals surface area contributed by atoms with E-state index in [1.165, 1.54) is 141 Å². The molecule has 10 nitrogen and oxygen atoms in total. The predicted molar refractivity (Wildman–Crippen MR) is 288 cm³/mol. The lowest BCUT2D eigenvalue weighted by Crippen LogP contribution is -2.45. The summed E-state index contributed by atoms with van der Waals surface area (Å²) in [6, 6.07) is 8.26. The summed E-state index contributed by atoms with van der Waals surface area (Å²) < 4.78 is 15.1. The van der Waals surface area contributed by atoms with Crippen LogP contribution in [-0.4, -0.2) is 59.1 Å². The van der Waals surface area contributed by atoms with Crippen LogP contribution >= 0.6 is 11.8 Å². The Balaban J connectivity index is 0. The number of hydrogen-bond acceptors (Lipinski definition) is 9. The number of benzene rings is 1. The Kier molecular flexibility index (Phi) is 43.0. The highest BCUT2D eigenvalue weighted by molar-refractivity contribution is 8.13. The van der Waals surface area contributed by atoms with Crippen molar-refractivity contribution in [1.82, 2.24) is 10.6 Å². The van der Waals surface area contributed by atoms with Gasteiger partial charge in [-0.3, -0.25) is 9.59 Å². The fourth-order valence-corrected chi connectivity index (χ4v) is 7.90. The van der Waals surface area contributed by atoms with Gasteiger partial charge in [0.15, 0.2) is 5.78 Å². The van der Waals surface area contributed by atoms with Gasteiger partial charge in [-0.25, -0.2) is 9.59 Å². The van der Waals surface area contributed by atoms with Gasteiger partial charge in [-0.2, -0.15) is 0 Å². The molecule has 0 saturated carbocycles. The molecule has 1 radical (unpaired) electrons. The molecule has 0 spiro atoms. The van der Waals surface area contributed by atoms with Crippen LogP contribution in [-0.2, 0) is 23.7 Å². The van der Waals surface area contributed by atoms with Crippen LogP contribution in [0.2, 0.25) is 0 Å². The van der Waals surface area contributed by atoms with Crippen LogP contribution in [0.4, 0.5) is 9.59 Å². The standard InChI is InChI=1S/C25H47NO3.C16H23NO3S.C15H30BO2/c1-7-8-9-10-11-12-13-14-15-16-17-18-19-20-22(27)23(21(2)3)26-24(28)29-25(4,5)6;1-11(2)13(17-15(19)20-16(3,4)5)14(18)21-12-9-7-6-8-10-12;1-2-3-4-5-6-7-8-9-10-11-12-13-14-15-18-16-17/h19-21,23H,7-18H2,1-6H3,(H,26,28);6-11,13H,1-5H3,(H,17,19);14-15,17H,2-13H2,1H3/b20-19+;;15-14+/t23-;13-;/m00./s1. The zero-order valence-corrected chi connectivity index (χ0v) is 46.1. The van der Waals surface area contributed by atoms with Crippen molar-refractivity contribution in [3.63, 3.8) is 0 Å². The Morgan fingerprint density at radius 2 is 0.941 bits per heavy atom. The monoisotopic (exact) mass is 972 g/mol. The van der Waals surface area contributed by atoms with Crippen LogP contribution in [0, 0.1) is 11.8 Å². The van der Waals surface area contributed by atoms with E-state index >= 15 is 0 Å². The number of ether oxygens (including phenoxy) is 2. The highest BCUT2D eigenvalue weighted by atomic mass is 32.2. The minimum absolute atomic E-state index is 0.0127. The number of alkyl carbamates (subject to hydrolysis) is 2. The topological polar surface area (TPSA) is 140 Å². The number of carbonyl (C=O) groups excluding carboxylic acids is 4. The maximum atomic E-state index is 12.4. The highest BCUT2D eigenvalue weighted by Gasteiger charge is 2.28. The number of carbonyl (C=O) groups is 4. The first-order chi connectivity index (χ1) is 32.3. The van der Waals surface area contributed by atoms with E-state index in [-0.39, 0.29) is 22.7 Å². The van der Waals surface area contributed by atoms with Gasteiger partial charge >= 0.3 is 19.9 Å². The van der Waals surface area contributed by atoms with Gasteiger partial charge < -0.3 is 29.8 Å². The Hall–Kier alpha value is -3.25. The lowest BCUT2D eigenvalue weighted by Gasteiger charge is -2.24. The molecule has 0 aliphatic carbocycles. The van der Waals surface area contributed by atoms with Gasteiger partial charge in [0.05, 0.1) is 12.3 Å². The quantitative estimate of drug-likeness (QED) is 0.0202. The molecule has 391 valence electrons. The second-order valence-electron chi connectivity index (χ2n) is 20.5. The van der Waals surface area contributed by atoms with Gasteiger partial charge in [0.25, 0.3) is 0 Å². The van der Waals surface area contributed by atoms with Crippen molar-refractivity contribution in [3.05, 3.63) is 54.8 Å². The van der Waals surface area contributed by atoms with Gasteiger partial charge in [0.2, 0.25) is 5.12 Å². The molecule has 0 aliphatic rings. The lowest BCUT2D eigenvalue weighted by atomic mass is 9.99. The van der Waals surface area contributed by atoms with Crippen LogP contribution in [0.25, 0.3) is 0 Å². The fraction of sp³-hybridized carbons (Fsp3) is 0.750. The Labute approximate surface area is 421 Å². The molecule has 0 saturated heterocycles. The zero-order valence-electron chi connectivity index (χ0n) is 45.3. The maximum Gasteiger partial charge on any atom is 0.568 e. The van der Waals surface area contributed by atoms with Crippen molar-refractivity contribution in [2.24, 2.45) is 11.8 Å². The first kappa shape index (κ1) is 66.8. The Morgan fingerprint density at radius 3 is 1.31 bits per heavy atom. The van der Waals surface area contributed by atoms with E-state index in [4.69, 9.17) is 14.5 Å². The number of hydrogen-bond donors (Lipinski definition) is 3. The van der Waals surface area contributed by atoms with Crippen LogP contribution in [0.3, 0.4) is 0 Å². The Bertz CT molecular complexity index is 1440. The predicted octanol–water partition coefficient (Wildman–Crippen LogP) is 16.0. The van der Waals surface area contributed by atoms with Gasteiger partial charge in [-0.15, -0.1) is 0 Å². The molecule has 0 unspecified atom stereocenters. The van der Waals surface area contributed by atoms with E-state index in [2.05, 4.69) is 29.1 Å². The zero-order chi connectivity index (χ0) is 51.5. The normalized spacial score (nSPS) is 12.5. The van der Waals surface area contributed by atoms with Gasteiger partial charge in [-0.05, 0) is 109 Å². The first-order valence-electron chi connectivity index (χ1n) is 26.5. The molecule has 0 heterocycles. The molecule has 2 atom stereocenters. The van der Waals surface area contributed by atoms with Crippen LogP contribution in [0.5, 0.6) is 0 Å². The SMILES string of the molecule is CC(C)[C@H](NC(=O)OC(C)(C)C)C(=O)Sc1ccccc1.CCCCCCCCCCCCC/C=C/C(=O)[C@@H](NC(=O)OC(C)(C)C)C(C)C.CCCCCCCCCCCCC/C=C/O[B]O. The van der Waals surface area contributed by atoms with Gasteiger partial charge in [0.1, 0.15) is 17.2 Å². The van der Waals surface area contributed by atoms with E-state index in [1.807, 2.05) is 91.0 Å². The van der Waals surface area contributed by atoms with Crippen molar-refractivity contribution < 1.29 is 38.3 Å². The van der Waals surface area contributed by atoms with Crippen molar-refractivity contribution in [3.8, 4) is 0 Å². The Morgan fingerprint density at radius 1 is 0.574 bits per heavy atom. The summed E-state index contributed by atoms with van der Waals surface area (Å²) in [6.07, 6.45) is 37.6. The molecule has 1 aromatic carbocycles. The molecule has 12 heteroatoms. The summed E-state index contributed by atoms with van der Waals surface area (Å²) in [5.74, 6) is -0.0585. The summed E-state index contributed by atoms with van der Waals surface area (Å²) >= 11 is 1.13.